The Morgan fingerprint density at radius 1 is 1.26 bits per heavy atom. The van der Waals surface area contributed by atoms with Gasteiger partial charge in [-0.3, -0.25) is 4.79 Å². The van der Waals surface area contributed by atoms with Crippen molar-refractivity contribution < 1.29 is 28.2 Å². The van der Waals surface area contributed by atoms with Crippen molar-refractivity contribution in [1.82, 2.24) is 0 Å². The number of halogens is 1. The van der Waals surface area contributed by atoms with Crippen LogP contribution in [0.2, 0.25) is 0 Å². The number of ether oxygens (including phenoxy) is 3. The molecule has 1 rings (SSSR count). The summed E-state index contributed by atoms with van der Waals surface area (Å²) in [7, 11) is 2.76. The summed E-state index contributed by atoms with van der Waals surface area (Å²) >= 11 is 0. The first-order valence-corrected chi connectivity index (χ1v) is 5.62. The second kappa shape index (κ2) is 6.84. The summed E-state index contributed by atoms with van der Waals surface area (Å²) < 4.78 is 28.5. The summed E-state index contributed by atoms with van der Waals surface area (Å²) in [5.41, 5.74) is -0.272. The molecule has 0 aromatic heterocycles. The summed E-state index contributed by atoms with van der Waals surface area (Å²) in [6, 6.07) is 2.59. The summed E-state index contributed by atoms with van der Waals surface area (Å²) in [5.74, 6) is -2.70. The van der Waals surface area contributed by atoms with Gasteiger partial charge in [0.25, 0.3) is 5.78 Å². The molecule has 0 heterocycles. The molecule has 0 spiro atoms. The maximum Gasteiger partial charge on any atom is 0.379 e. The molecule has 0 saturated carbocycles. The molecule has 104 valence electrons. The molecule has 6 heteroatoms. The van der Waals surface area contributed by atoms with Gasteiger partial charge in [-0.15, -0.1) is 0 Å². The lowest BCUT2D eigenvalue weighted by Crippen LogP contribution is -2.19. The molecule has 0 saturated heterocycles. The fraction of sp³-hybridized carbons (Fsp3) is 0.385. The number of carbonyl (C=O) groups excluding carboxylic acids is 2. The summed E-state index contributed by atoms with van der Waals surface area (Å²) in [4.78, 5) is 23.0. The zero-order valence-electron chi connectivity index (χ0n) is 11.0. The lowest BCUT2D eigenvalue weighted by atomic mass is 10.1. The minimum atomic E-state index is -1.09. The van der Waals surface area contributed by atoms with Gasteiger partial charge in [-0.1, -0.05) is 0 Å². The van der Waals surface area contributed by atoms with Crippen LogP contribution >= 0.6 is 0 Å². The van der Waals surface area contributed by atoms with E-state index in [2.05, 4.69) is 4.74 Å². The van der Waals surface area contributed by atoms with Crippen molar-refractivity contribution >= 4 is 11.8 Å². The van der Waals surface area contributed by atoms with Gasteiger partial charge in [-0.2, -0.15) is 0 Å². The third kappa shape index (κ3) is 3.29. The van der Waals surface area contributed by atoms with Crippen molar-refractivity contribution in [1.29, 1.82) is 0 Å². The van der Waals surface area contributed by atoms with E-state index < -0.39 is 17.6 Å². The molecule has 19 heavy (non-hydrogen) atoms. The molecule has 1 aromatic rings. The molecule has 0 N–H and O–H groups in total. The SMILES string of the molecule is CCOC(=O)C(=O)c1ccc(OC)c(COC)c1F. The molecule has 0 aliphatic heterocycles. The number of carbonyl (C=O) groups is 2. The number of hydrogen-bond donors (Lipinski definition) is 0. The lowest BCUT2D eigenvalue weighted by molar-refractivity contribution is -0.137. The van der Waals surface area contributed by atoms with E-state index in [-0.39, 0.29) is 30.1 Å². The molecule has 0 unspecified atom stereocenters. The zero-order chi connectivity index (χ0) is 14.4. The van der Waals surface area contributed by atoms with Gasteiger partial charge in [0.15, 0.2) is 0 Å². The predicted octanol–water partition coefficient (Wildman–Crippen LogP) is 1.73. The van der Waals surface area contributed by atoms with Crippen LogP contribution in [0.1, 0.15) is 22.8 Å². The lowest BCUT2D eigenvalue weighted by Gasteiger charge is -2.11. The standard InChI is InChI=1S/C13H15FO5/c1-4-19-13(16)12(15)8-5-6-10(18-3)9(7-17-2)11(8)14/h5-6H,4,7H2,1-3H3. The van der Waals surface area contributed by atoms with E-state index in [0.717, 1.165) is 0 Å². The van der Waals surface area contributed by atoms with Gasteiger partial charge >= 0.3 is 5.97 Å². The molecule has 0 atom stereocenters. The van der Waals surface area contributed by atoms with E-state index in [0.29, 0.717) is 0 Å². The second-order valence-electron chi connectivity index (χ2n) is 3.59. The van der Waals surface area contributed by atoms with Crippen molar-refractivity contribution in [2.75, 3.05) is 20.8 Å². The largest absolute Gasteiger partial charge is 0.496 e. The van der Waals surface area contributed by atoms with Gasteiger partial charge < -0.3 is 14.2 Å². The van der Waals surface area contributed by atoms with Crippen molar-refractivity contribution in [3.05, 3.63) is 29.1 Å². The Balaban J connectivity index is 3.19. The Morgan fingerprint density at radius 3 is 2.47 bits per heavy atom. The average Bonchev–Trinajstić information content (AvgIpc) is 2.40. The number of ketones is 1. The highest BCUT2D eigenvalue weighted by molar-refractivity contribution is 6.40. The number of esters is 1. The van der Waals surface area contributed by atoms with Crippen LogP contribution in [-0.2, 0) is 20.9 Å². The third-order valence-corrected chi connectivity index (χ3v) is 2.41. The minimum absolute atomic E-state index is 0.0489. The van der Waals surface area contributed by atoms with Gasteiger partial charge in [0.2, 0.25) is 0 Å². The molecular weight excluding hydrogens is 255 g/mol. The fourth-order valence-corrected chi connectivity index (χ4v) is 1.56. The molecule has 0 aliphatic rings. The third-order valence-electron chi connectivity index (χ3n) is 2.41. The van der Waals surface area contributed by atoms with Crippen molar-refractivity contribution in [3.63, 3.8) is 0 Å². The molecule has 0 fully saturated rings. The van der Waals surface area contributed by atoms with E-state index >= 15 is 0 Å². The Labute approximate surface area is 110 Å². The van der Waals surface area contributed by atoms with Gasteiger partial charge in [-0.05, 0) is 19.1 Å². The first kappa shape index (κ1) is 15.1. The van der Waals surface area contributed by atoms with Gasteiger partial charge in [-0.25, -0.2) is 9.18 Å². The Bertz CT molecular complexity index is 484. The fourth-order valence-electron chi connectivity index (χ4n) is 1.56. The van der Waals surface area contributed by atoms with Crippen LogP contribution in [-0.4, -0.2) is 32.6 Å². The van der Waals surface area contributed by atoms with Crippen LogP contribution in [0.5, 0.6) is 5.75 Å². The summed E-state index contributed by atoms with van der Waals surface area (Å²) in [6.07, 6.45) is 0. The van der Waals surface area contributed by atoms with Crippen LogP contribution in [0.3, 0.4) is 0 Å². The van der Waals surface area contributed by atoms with E-state index in [1.807, 2.05) is 0 Å². The highest BCUT2D eigenvalue weighted by Gasteiger charge is 2.24. The van der Waals surface area contributed by atoms with E-state index in [9.17, 15) is 14.0 Å². The normalized spacial score (nSPS) is 10.1. The Hall–Kier alpha value is -1.95. The van der Waals surface area contributed by atoms with Crippen LogP contribution in [0.4, 0.5) is 4.39 Å². The van der Waals surface area contributed by atoms with Crippen molar-refractivity contribution in [2.45, 2.75) is 13.5 Å². The van der Waals surface area contributed by atoms with E-state index in [4.69, 9.17) is 9.47 Å². The van der Waals surface area contributed by atoms with Crippen LogP contribution in [0.15, 0.2) is 12.1 Å². The highest BCUT2D eigenvalue weighted by atomic mass is 19.1. The average molecular weight is 270 g/mol. The number of rotatable bonds is 6. The highest BCUT2D eigenvalue weighted by Crippen LogP contribution is 2.25. The molecule has 5 nitrogen and oxygen atoms in total. The molecule has 1 aromatic carbocycles. The van der Waals surface area contributed by atoms with Gasteiger partial charge in [0, 0.05) is 7.11 Å². The number of benzene rings is 1. The van der Waals surface area contributed by atoms with Crippen molar-refractivity contribution in [2.24, 2.45) is 0 Å². The van der Waals surface area contributed by atoms with E-state index in [1.54, 1.807) is 6.92 Å². The number of hydrogen-bond acceptors (Lipinski definition) is 5. The topological polar surface area (TPSA) is 61.8 Å². The summed E-state index contributed by atoms with van der Waals surface area (Å²) in [6.45, 7) is 1.54. The second-order valence-corrected chi connectivity index (χ2v) is 3.59. The maximum absolute atomic E-state index is 14.2. The predicted molar refractivity (Wildman–Crippen MR) is 64.6 cm³/mol. The summed E-state index contributed by atoms with van der Waals surface area (Å²) in [5, 5.41) is 0. The molecule has 0 bridgehead atoms. The molecule has 0 radical (unpaired) electrons. The number of methoxy groups -OCH3 is 2. The molecule has 0 amide bonds. The maximum atomic E-state index is 14.2. The van der Waals surface area contributed by atoms with Crippen LogP contribution in [0, 0.1) is 5.82 Å². The van der Waals surface area contributed by atoms with Gasteiger partial charge in [0.1, 0.15) is 11.6 Å². The quantitative estimate of drug-likeness (QED) is 0.447. The minimum Gasteiger partial charge on any atom is -0.496 e. The van der Waals surface area contributed by atoms with Gasteiger partial charge in [0.05, 0.1) is 31.5 Å². The first-order valence-electron chi connectivity index (χ1n) is 5.62. The molecule has 0 aliphatic carbocycles. The zero-order valence-corrected chi connectivity index (χ0v) is 11.0. The smallest absolute Gasteiger partial charge is 0.379 e. The Kier molecular flexibility index (Phi) is 5.44. The Morgan fingerprint density at radius 2 is 1.95 bits per heavy atom. The number of Topliss-reactive ketones (excluding diaryl/α,β-unsaturated/α-hetero) is 1. The van der Waals surface area contributed by atoms with Crippen LogP contribution < -0.4 is 4.74 Å². The first-order chi connectivity index (χ1) is 9.06. The monoisotopic (exact) mass is 270 g/mol. The van der Waals surface area contributed by atoms with E-state index in [1.165, 1.54) is 26.4 Å². The van der Waals surface area contributed by atoms with Crippen LogP contribution in [0.25, 0.3) is 0 Å². The van der Waals surface area contributed by atoms with Crippen molar-refractivity contribution in [3.8, 4) is 5.75 Å². The molecular formula is C13H15FO5.